The summed E-state index contributed by atoms with van der Waals surface area (Å²) in [6.07, 6.45) is -4.72. The van der Waals surface area contributed by atoms with Gasteiger partial charge in [0.2, 0.25) is 0 Å². The predicted molar refractivity (Wildman–Crippen MR) is 86.9 cm³/mol. The zero-order valence-corrected chi connectivity index (χ0v) is 14.2. The number of nitrogens with one attached hydrogen (secondary N) is 1. The van der Waals surface area contributed by atoms with Gasteiger partial charge in [0, 0.05) is 18.8 Å². The number of alkyl halides is 3. The molecule has 0 saturated carbocycles. The third-order valence-electron chi connectivity index (χ3n) is 3.64. The summed E-state index contributed by atoms with van der Waals surface area (Å²) in [4.78, 5) is 23.8. The van der Waals surface area contributed by atoms with Crippen molar-refractivity contribution in [2.45, 2.75) is 45.0 Å². The number of alkyl carbamates (subject to hydrolysis) is 1. The van der Waals surface area contributed by atoms with Crippen molar-refractivity contribution in [3.05, 3.63) is 28.7 Å². The number of nitrogens with zero attached hydrogens (tertiary/aromatic N) is 2. The van der Waals surface area contributed by atoms with Gasteiger partial charge in [-0.05, 0) is 50.6 Å². The van der Waals surface area contributed by atoms with Crippen molar-refractivity contribution in [2.24, 2.45) is 5.18 Å². The van der Waals surface area contributed by atoms with Gasteiger partial charge in [-0.15, -0.1) is 4.91 Å². The van der Waals surface area contributed by atoms with Gasteiger partial charge in [0.25, 0.3) is 0 Å². The smallest absolute Gasteiger partial charge is 0.418 e. The fraction of sp³-hybridized carbons (Fsp3) is 0.562. The maximum absolute atomic E-state index is 13.3. The maximum Gasteiger partial charge on any atom is 0.418 e. The molecule has 0 aliphatic carbocycles. The molecule has 9 heteroatoms. The molecular formula is C16H20F3N3O3. The maximum atomic E-state index is 13.3. The zero-order valence-electron chi connectivity index (χ0n) is 14.2. The Bertz CT molecular complexity index is 656. The number of hydrogen-bond donors (Lipinski definition) is 1. The van der Waals surface area contributed by atoms with E-state index in [0.717, 1.165) is 6.07 Å². The molecule has 0 aromatic heterocycles. The number of carbonyl (C=O) groups excluding carboxylic acids is 1. The summed E-state index contributed by atoms with van der Waals surface area (Å²) >= 11 is 0. The highest BCUT2D eigenvalue weighted by atomic mass is 19.4. The molecule has 0 spiro atoms. The lowest BCUT2D eigenvalue weighted by Gasteiger charge is -2.24. The molecule has 1 aromatic carbocycles. The van der Waals surface area contributed by atoms with Gasteiger partial charge < -0.3 is 15.0 Å². The minimum atomic E-state index is -4.60. The van der Waals surface area contributed by atoms with Crippen molar-refractivity contribution in [1.82, 2.24) is 5.32 Å². The molecular weight excluding hydrogens is 339 g/mol. The van der Waals surface area contributed by atoms with E-state index < -0.39 is 23.4 Å². The molecule has 1 aliphatic rings. The van der Waals surface area contributed by atoms with Gasteiger partial charge in [-0.1, -0.05) is 0 Å². The minimum Gasteiger partial charge on any atom is -0.444 e. The van der Waals surface area contributed by atoms with Gasteiger partial charge in [0.15, 0.2) is 0 Å². The molecule has 1 atom stereocenters. The summed E-state index contributed by atoms with van der Waals surface area (Å²) in [6, 6.07) is 2.89. The van der Waals surface area contributed by atoms with E-state index in [4.69, 9.17) is 4.74 Å². The van der Waals surface area contributed by atoms with Crippen molar-refractivity contribution in [1.29, 1.82) is 0 Å². The Morgan fingerprint density at radius 1 is 1.32 bits per heavy atom. The Kier molecular flexibility index (Phi) is 5.24. The molecule has 1 heterocycles. The minimum absolute atomic E-state index is 0.0339. The van der Waals surface area contributed by atoms with E-state index >= 15 is 0 Å². The van der Waals surface area contributed by atoms with Crippen LogP contribution < -0.4 is 10.2 Å². The Balaban J connectivity index is 2.11. The third-order valence-corrected chi connectivity index (χ3v) is 3.64. The quantitative estimate of drug-likeness (QED) is 0.821. The van der Waals surface area contributed by atoms with Crippen molar-refractivity contribution in [2.75, 3.05) is 18.0 Å². The van der Waals surface area contributed by atoms with E-state index in [-0.39, 0.29) is 24.0 Å². The normalized spacial score (nSPS) is 18.2. The van der Waals surface area contributed by atoms with Crippen LogP contribution in [-0.4, -0.2) is 30.8 Å². The SMILES string of the molecule is CC(C)(C)OC(=O)N[C@@H]1CCN(c2ccc(N=O)cc2C(F)(F)F)C1. The Morgan fingerprint density at radius 3 is 2.56 bits per heavy atom. The molecule has 2 rings (SSSR count). The molecule has 1 fully saturated rings. The highest BCUT2D eigenvalue weighted by Gasteiger charge is 2.37. The standard InChI is InChI=1S/C16H20F3N3O3/c1-15(2,3)25-14(23)20-11-6-7-22(9-11)13-5-4-10(21-24)8-12(13)16(17,18)19/h4-5,8,11H,6-7,9H2,1-3H3,(H,20,23)/t11-/m1/s1. The molecule has 1 aromatic rings. The number of benzene rings is 1. The zero-order chi connectivity index (χ0) is 18.8. The van der Waals surface area contributed by atoms with Crippen molar-refractivity contribution >= 4 is 17.5 Å². The third kappa shape index (κ3) is 5.07. The summed E-state index contributed by atoms with van der Waals surface area (Å²) < 4.78 is 44.9. The van der Waals surface area contributed by atoms with Crippen LogP contribution in [0.15, 0.2) is 23.4 Å². The van der Waals surface area contributed by atoms with E-state index in [2.05, 4.69) is 10.5 Å². The predicted octanol–water partition coefficient (Wildman–Crippen LogP) is 4.21. The number of nitroso groups, excluding NO2 is 1. The summed E-state index contributed by atoms with van der Waals surface area (Å²) in [5.41, 5.74) is -1.88. The first-order valence-corrected chi connectivity index (χ1v) is 7.78. The van der Waals surface area contributed by atoms with Gasteiger partial charge in [0.05, 0.1) is 11.6 Å². The molecule has 1 amide bonds. The second-order valence-electron chi connectivity index (χ2n) is 6.87. The largest absolute Gasteiger partial charge is 0.444 e. The van der Waals surface area contributed by atoms with Gasteiger partial charge in [0.1, 0.15) is 11.3 Å². The second kappa shape index (κ2) is 6.89. The Morgan fingerprint density at radius 2 is 2.00 bits per heavy atom. The molecule has 1 saturated heterocycles. The summed E-state index contributed by atoms with van der Waals surface area (Å²) in [5.74, 6) is 0. The first kappa shape index (κ1) is 19.0. The molecule has 0 unspecified atom stereocenters. The van der Waals surface area contributed by atoms with Crippen LogP contribution in [0.3, 0.4) is 0 Å². The summed E-state index contributed by atoms with van der Waals surface area (Å²) in [6.45, 7) is 5.75. The van der Waals surface area contributed by atoms with Crippen LogP contribution in [0, 0.1) is 4.91 Å². The average Bonchev–Trinajstić information content (AvgIpc) is 2.91. The van der Waals surface area contributed by atoms with Crippen LogP contribution in [0.1, 0.15) is 32.8 Å². The second-order valence-corrected chi connectivity index (χ2v) is 6.87. The van der Waals surface area contributed by atoms with Gasteiger partial charge in [-0.2, -0.15) is 13.2 Å². The lowest BCUT2D eigenvalue weighted by molar-refractivity contribution is -0.137. The van der Waals surface area contributed by atoms with Gasteiger partial charge >= 0.3 is 12.3 Å². The van der Waals surface area contributed by atoms with Crippen LogP contribution in [-0.2, 0) is 10.9 Å². The molecule has 25 heavy (non-hydrogen) atoms. The number of ether oxygens (including phenoxy) is 1. The van der Waals surface area contributed by atoms with Crippen molar-refractivity contribution < 1.29 is 22.7 Å². The van der Waals surface area contributed by atoms with E-state index in [1.165, 1.54) is 17.0 Å². The number of rotatable bonds is 3. The first-order valence-electron chi connectivity index (χ1n) is 7.78. The molecule has 1 aliphatic heterocycles. The van der Waals surface area contributed by atoms with Crippen LogP contribution >= 0.6 is 0 Å². The van der Waals surface area contributed by atoms with E-state index in [0.29, 0.717) is 13.0 Å². The first-order chi connectivity index (χ1) is 11.5. The van der Waals surface area contributed by atoms with Crippen LogP contribution in [0.25, 0.3) is 0 Å². The lowest BCUT2D eigenvalue weighted by atomic mass is 10.1. The summed E-state index contributed by atoms with van der Waals surface area (Å²) in [7, 11) is 0. The number of hydrogen-bond acceptors (Lipinski definition) is 5. The molecule has 138 valence electrons. The van der Waals surface area contributed by atoms with Crippen LogP contribution in [0.2, 0.25) is 0 Å². The average molecular weight is 359 g/mol. The number of carbonyl (C=O) groups is 1. The fourth-order valence-corrected chi connectivity index (χ4v) is 2.65. The molecule has 0 bridgehead atoms. The monoisotopic (exact) mass is 359 g/mol. The van der Waals surface area contributed by atoms with E-state index in [9.17, 15) is 22.9 Å². The fourth-order valence-electron chi connectivity index (χ4n) is 2.65. The molecule has 1 N–H and O–H groups in total. The number of anilines is 1. The van der Waals surface area contributed by atoms with Gasteiger partial charge in [-0.25, -0.2) is 4.79 Å². The van der Waals surface area contributed by atoms with Crippen LogP contribution in [0.4, 0.5) is 29.3 Å². The van der Waals surface area contributed by atoms with Gasteiger partial charge in [-0.3, -0.25) is 0 Å². The lowest BCUT2D eigenvalue weighted by Crippen LogP contribution is -2.40. The van der Waals surface area contributed by atoms with Crippen LogP contribution in [0.5, 0.6) is 0 Å². The van der Waals surface area contributed by atoms with Crippen molar-refractivity contribution in [3.63, 3.8) is 0 Å². The number of amides is 1. The Hall–Kier alpha value is -2.32. The topological polar surface area (TPSA) is 71.0 Å². The van der Waals surface area contributed by atoms with E-state index in [1.54, 1.807) is 20.8 Å². The summed E-state index contributed by atoms with van der Waals surface area (Å²) in [5, 5.41) is 5.22. The molecule has 6 nitrogen and oxygen atoms in total. The highest BCUT2D eigenvalue weighted by molar-refractivity contribution is 5.68. The Labute approximate surface area is 143 Å². The van der Waals surface area contributed by atoms with E-state index in [1.807, 2.05) is 0 Å². The highest BCUT2D eigenvalue weighted by Crippen LogP contribution is 2.39. The molecule has 0 radical (unpaired) electrons. The number of halogens is 3. The van der Waals surface area contributed by atoms with Crippen molar-refractivity contribution in [3.8, 4) is 0 Å².